The van der Waals surface area contributed by atoms with Crippen LogP contribution in [0.25, 0.3) is 11.0 Å². The Hall–Kier alpha value is -3.14. The minimum Gasteiger partial charge on any atom is -0.444 e. The lowest BCUT2D eigenvalue weighted by Crippen LogP contribution is -2.48. The second-order valence-corrected chi connectivity index (χ2v) is 12.5. The largest absolute Gasteiger partial charge is 0.444 e. The van der Waals surface area contributed by atoms with Crippen LogP contribution in [0, 0.1) is 11.7 Å². The molecule has 1 aliphatic carbocycles. The van der Waals surface area contributed by atoms with E-state index in [1.54, 1.807) is 30.3 Å². The van der Waals surface area contributed by atoms with Crippen molar-refractivity contribution in [2.75, 3.05) is 19.7 Å². The summed E-state index contributed by atoms with van der Waals surface area (Å²) in [6, 6.07) is 8.53. The molecule has 10 heteroatoms. The molecular weight excluding hydrogens is 538 g/mol. The van der Waals surface area contributed by atoms with Gasteiger partial charge in [-0.15, -0.1) is 0 Å². The highest BCUT2D eigenvalue weighted by Crippen LogP contribution is 2.40. The molecule has 1 unspecified atom stereocenters. The molecule has 6 nitrogen and oxygen atoms in total. The number of hydrogen-bond donors (Lipinski definition) is 0. The fourth-order valence-corrected chi connectivity index (χ4v) is 5.53. The summed E-state index contributed by atoms with van der Waals surface area (Å²) in [6.45, 7) is 8.82. The Morgan fingerprint density at radius 1 is 1.10 bits per heavy atom. The molecule has 2 aromatic carbocycles. The number of rotatable bonds is 7. The summed E-state index contributed by atoms with van der Waals surface area (Å²) in [5.74, 6) is 0.110. The molecule has 3 aromatic rings. The number of alkyl halides is 3. The Labute approximate surface area is 237 Å². The van der Waals surface area contributed by atoms with Crippen LogP contribution in [0.5, 0.6) is 0 Å². The number of nitrogens with zero attached hydrogens (tertiary/aromatic N) is 3. The SMILES string of the molecule is CC(OCC1(c2ccc(F)cc2)CCN(C(=O)OC(C)(C)C)CC1)c1cc(C(F)(F)F)cc2c1ncn2CC1CC1. The summed E-state index contributed by atoms with van der Waals surface area (Å²) < 4.78 is 69.3. The van der Waals surface area contributed by atoms with Crippen LogP contribution in [0.3, 0.4) is 0 Å². The molecule has 5 rings (SSSR count). The van der Waals surface area contributed by atoms with Gasteiger partial charge in [0.15, 0.2) is 0 Å². The summed E-state index contributed by atoms with van der Waals surface area (Å²) >= 11 is 0. The van der Waals surface area contributed by atoms with E-state index in [0.29, 0.717) is 55.0 Å². The Morgan fingerprint density at radius 3 is 2.34 bits per heavy atom. The van der Waals surface area contributed by atoms with Gasteiger partial charge in [0, 0.05) is 30.6 Å². The van der Waals surface area contributed by atoms with Gasteiger partial charge in [0.05, 0.1) is 35.6 Å². The van der Waals surface area contributed by atoms with Crippen molar-refractivity contribution < 1.29 is 31.8 Å². The van der Waals surface area contributed by atoms with Crippen LogP contribution < -0.4 is 0 Å². The maximum absolute atomic E-state index is 13.9. The minimum atomic E-state index is -4.51. The first-order chi connectivity index (χ1) is 19.2. The number of likely N-dealkylation sites (tertiary alicyclic amines) is 1. The second-order valence-electron chi connectivity index (χ2n) is 12.5. The normalized spacial score (nSPS) is 18.5. The third-order valence-electron chi connectivity index (χ3n) is 8.11. The van der Waals surface area contributed by atoms with Crippen molar-refractivity contribution in [2.45, 2.75) is 83.2 Å². The number of halogens is 4. The van der Waals surface area contributed by atoms with E-state index in [-0.39, 0.29) is 12.4 Å². The first kappa shape index (κ1) is 29.4. The lowest BCUT2D eigenvalue weighted by molar-refractivity contribution is -0.137. The first-order valence-corrected chi connectivity index (χ1v) is 14.2. The number of benzene rings is 2. The quantitative estimate of drug-likeness (QED) is 0.272. The number of aromatic nitrogens is 2. The number of carbonyl (C=O) groups excluding carboxylic acids is 1. The van der Waals surface area contributed by atoms with Gasteiger partial charge in [-0.05, 0) is 89.1 Å². The summed E-state index contributed by atoms with van der Waals surface area (Å²) in [5.41, 5.74) is 0.280. The molecule has 2 aliphatic rings. The maximum Gasteiger partial charge on any atom is 0.416 e. The van der Waals surface area contributed by atoms with E-state index in [4.69, 9.17) is 9.47 Å². The number of amides is 1. The number of carbonyl (C=O) groups is 1. The molecule has 41 heavy (non-hydrogen) atoms. The van der Waals surface area contributed by atoms with Gasteiger partial charge in [0.1, 0.15) is 11.4 Å². The van der Waals surface area contributed by atoms with Gasteiger partial charge >= 0.3 is 12.3 Å². The molecule has 0 bridgehead atoms. The summed E-state index contributed by atoms with van der Waals surface area (Å²) in [4.78, 5) is 18.8. The van der Waals surface area contributed by atoms with E-state index in [9.17, 15) is 22.4 Å². The summed E-state index contributed by atoms with van der Waals surface area (Å²) in [7, 11) is 0. The Morgan fingerprint density at radius 2 is 1.76 bits per heavy atom. The third kappa shape index (κ3) is 6.68. The minimum absolute atomic E-state index is 0.183. The summed E-state index contributed by atoms with van der Waals surface area (Å²) in [6.07, 6.45) is -0.786. The average molecular weight is 576 g/mol. The molecule has 0 radical (unpaired) electrons. The zero-order chi connectivity index (χ0) is 29.6. The van der Waals surface area contributed by atoms with E-state index >= 15 is 0 Å². The summed E-state index contributed by atoms with van der Waals surface area (Å²) in [5, 5.41) is 0. The highest BCUT2D eigenvalue weighted by molar-refractivity contribution is 5.80. The van der Waals surface area contributed by atoms with Crippen molar-refractivity contribution in [3.8, 4) is 0 Å². The molecule has 2 heterocycles. The molecule has 2 fully saturated rings. The van der Waals surface area contributed by atoms with Crippen LogP contribution >= 0.6 is 0 Å². The maximum atomic E-state index is 13.9. The molecular formula is C31H37F4N3O3. The Balaban J connectivity index is 1.40. The van der Waals surface area contributed by atoms with Crippen LogP contribution in [-0.2, 0) is 27.6 Å². The molecule has 0 N–H and O–H groups in total. The van der Waals surface area contributed by atoms with Gasteiger partial charge in [0.25, 0.3) is 0 Å². The second kappa shape index (κ2) is 10.9. The molecule has 1 aromatic heterocycles. The van der Waals surface area contributed by atoms with Crippen LogP contribution in [0.1, 0.15) is 76.2 Å². The van der Waals surface area contributed by atoms with Crippen molar-refractivity contribution in [3.05, 3.63) is 65.2 Å². The van der Waals surface area contributed by atoms with Crippen molar-refractivity contribution in [1.29, 1.82) is 0 Å². The van der Waals surface area contributed by atoms with Crippen LogP contribution in [0.4, 0.5) is 22.4 Å². The van der Waals surface area contributed by atoms with E-state index in [2.05, 4.69) is 4.98 Å². The number of fused-ring (bicyclic) bond motifs is 1. The van der Waals surface area contributed by atoms with Gasteiger partial charge in [-0.2, -0.15) is 13.2 Å². The Bertz CT molecular complexity index is 1380. The number of ether oxygens (including phenoxy) is 2. The standard InChI is InChI=1S/C31H37F4N3O3/c1-20(25-15-23(31(33,34)35)16-26-27(25)36-19-38(26)17-21-5-6-21)40-18-30(22-7-9-24(32)10-8-22)11-13-37(14-12-30)28(39)41-29(2,3)4/h7-10,15-16,19-21H,5-6,11-14,17-18H2,1-4H3. The molecule has 1 atom stereocenters. The molecule has 222 valence electrons. The fourth-order valence-electron chi connectivity index (χ4n) is 5.53. The van der Waals surface area contributed by atoms with Crippen LogP contribution in [0.2, 0.25) is 0 Å². The van der Waals surface area contributed by atoms with Gasteiger partial charge in [-0.3, -0.25) is 0 Å². The average Bonchev–Trinajstić information content (AvgIpc) is 3.63. The van der Waals surface area contributed by atoms with Crippen molar-refractivity contribution in [2.24, 2.45) is 5.92 Å². The van der Waals surface area contributed by atoms with Crippen LogP contribution in [-0.4, -0.2) is 45.8 Å². The smallest absolute Gasteiger partial charge is 0.416 e. The van der Waals surface area contributed by atoms with E-state index in [0.717, 1.165) is 24.5 Å². The zero-order valence-electron chi connectivity index (χ0n) is 23.9. The molecule has 1 saturated carbocycles. The first-order valence-electron chi connectivity index (χ1n) is 14.2. The van der Waals surface area contributed by atoms with Gasteiger partial charge in [0.2, 0.25) is 0 Å². The lowest BCUT2D eigenvalue weighted by Gasteiger charge is -2.42. The highest BCUT2D eigenvalue weighted by Gasteiger charge is 2.40. The monoisotopic (exact) mass is 575 g/mol. The predicted molar refractivity (Wildman–Crippen MR) is 147 cm³/mol. The van der Waals surface area contributed by atoms with Gasteiger partial charge in [-0.25, -0.2) is 14.2 Å². The molecule has 1 amide bonds. The lowest BCUT2D eigenvalue weighted by atomic mass is 9.73. The molecule has 1 aliphatic heterocycles. The Kier molecular flexibility index (Phi) is 7.82. The van der Waals surface area contributed by atoms with Crippen molar-refractivity contribution >= 4 is 17.1 Å². The van der Waals surface area contributed by atoms with Gasteiger partial charge in [-0.1, -0.05) is 12.1 Å². The van der Waals surface area contributed by atoms with Gasteiger partial charge < -0.3 is 18.9 Å². The zero-order valence-corrected chi connectivity index (χ0v) is 23.9. The number of imidazole rings is 1. The topological polar surface area (TPSA) is 56.6 Å². The number of hydrogen-bond acceptors (Lipinski definition) is 4. The van der Waals surface area contributed by atoms with Crippen molar-refractivity contribution in [1.82, 2.24) is 14.5 Å². The van der Waals surface area contributed by atoms with E-state index in [1.165, 1.54) is 18.2 Å². The van der Waals surface area contributed by atoms with Crippen molar-refractivity contribution in [3.63, 3.8) is 0 Å². The number of piperidine rings is 1. The molecule has 0 spiro atoms. The third-order valence-corrected chi connectivity index (χ3v) is 8.11. The van der Waals surface area contributed by atoms with E-state index < -0.39 is 35.0 Å². The van der Waals surface area contributed by atoms with E-state index in [1.807, 2.05) is 25.3 Å². The highest BCUT2D eigenvalue weighted by atomic mass is 19.4. The molecule has 1 saturated heterocycles. The fraction of sp³-hybridized carbons (Fsp3) is 0.548. The van der Waals surface area contributed by atoms with Crippen LogP contribution in [0.15, 0.2) is 42.7 Å². The predicted octanol–water partition coefficient (Wildman–Crippen LogP) is 7.65.